The van der Waals surface area contributed by atoms with Crippen molar-refractivity contribution in [3.8, 4) is 0 Å². The third-order valence-electron chi connectivity index (χ3n) is 5.43. The highest BCUT2D eigenvalue weighted by Crippen LogP contribution is 2.40. The quantitative estimate of drug-likeness (QED) is 0.841. The molecule has 1 atom stereocenters. The van der Waals surface area contributed by atoms with Gasteiger partial charge < -0.3 is 20.6 Å². The fourth-order valence-electron chi connectivity index (χ4n) is 3.90. The van der Waals surface area contributed by atoms with Crippen molar-refractivity contribution in [2.24, 2.45) is 11.1 Å². The topological polar surface area (TPSA) is 99.8 Å². The van der Waals surface area contributed by atoms with E-state index in [1.54, 1.807) is 11.8 Å². The van der Waals surface area contributed by atoms with E-state index in [2.05, 4.69) is 9.88 Å². The fourth-order valence-corrected chi connectivity index (χ4v) is 3.90. The predicted octanol–water partition coefficient (Wildman–Crippen LogP) is 0.829. The minimum absolute atomic E-state index is 0.0162. The summed E-state index contributed by atoms with van der Waals surface area (Å²) in [6.45, 7) is 4.06. The van der Waals surface area contributed by atoms with E-state index in [9.17, 15) is 14.7 Å². The minimum atomic E-state index is -0.581. The number of likely N-dealkylation sites (tertiary alicyclic amines) is 1. The number of pyridine rings is 1. The van der Waals surface area contributed by atoms with E-state index >= 15 is 0 Å². The maximum absolute atomic E-state index is 12.0. The Morgan fingerprint density at radius 1 is 1.36 bits per heavy atom. The Balaban J connectivity index is 1.66. The van der Waals surface area contributed by atoms with Crippen LogP contribution in [0.5, 0.6) is 0 Å². The molecule has 7 heteroatoms. The smallest absolute Gasteiger partial charge is 0.237 e. The Bertz CT molecular complexity index is 653. The molecule has 0 unspecified atom stereocenters. The second-order valence-electron chi connectivity index (χ2n) is 7.30. The predicted molar refractivity (Wildman–Crippen MR) is 93.8 cm³/mol. The number of aromatic nitrogens is 1. The molecule has 1 aromatic rings. The number of primary amides is 1. The Morgan fingerprint density at radius 3 is 2.72 bits per heavy atom. The summed E-state index contributed by atoms with van der Waals surface area (Å²) in [6.07, 6.45) is 2.69. The third-order valence-corrected chi connectivity index (χ3v) is 5.43. The van der Waals surface area contributed by atoms with Crippen LogP contribution in [0, 0.1) is 5.41 Å². The van der Waals surface area contributed by atoms with E-state index in [1.807, 2.05) is 18.2 Å². The van der Waals surface area contributed by atoms with Gasteiger partial charge >= 0.3 is 0 Å². The summed E-state index contributed by atoms with van der Waals surface area (Å²) in [4.78, 5) is 31.6. The number of carbonyl (C=O) groups is 2. The summed E-state index contributed by atoms with van der Waals surface area (Å²) >= 11 is 0. The lowest BCUT2D eigenvalue weighted by atomic mass is 9.72. The lowest BCUT2D eigenvalue weighted by Crippen LogP contribution is -2.53. The number of nitrogens with zero attached hydrogens (tertiary/aromatic N) is 3. The molecular weight excluding hydrogens is 320 g/mol. The molecule has 0 saturated carbocycles. The summed E-state index contributed by atoms with van der Waals surface area (Å²) in [5.74, 6) is 0.453. The summed E-state index contributed by atoms with van der Waals surface area (Å²) in [7, 11) is 0. The van der Waals surface area contributed by atoms with Gasteiger partial charge in [-0.3, -0.25) is 9.59 Å². The van der Waals surface area contributed by atoms with Crippen molar-refractivity contribution in [3.63, 3.8) is 0 Å². The molecule has 2 amide bonds. The number of aliphatic hydroxyl groups is 1. The number of amides is 2. The Morgan fingerprint density at radius 2 is 2.08 bits per heavy atom. The van der Waals surface area contributed by atoms with Crippen LogP contribution in [0.15, 0.2) is 18.2 Å². The van der Waals surface area contributed by atoms with E-state index < -0.39 is 12.0 Å². The fraction of sp³-hybridized carbons (Fsp3) is 0.611. The molecule has 3 N–H and O–H groups in total. The molecule has 1 aromatic heterocycles. The maximum Gasteiger partial charge on any atom is 0.237 e. The van der Waals surface area contributed by atoms with Gasteiger partial charge in [0.1, 0.15) is 5.82 Å². The Kier molecular flexibility index (Phi) is 4.94. The molecule has 0 bridgehead atoms. The number of carbonyl (C=O) groups excluding carboxylic acids is 2. The maximum atomic E-state index is 12.0. The van der Waals surface area contributed by atoms with Crippen molar-refractivity contribution in [1.29, 1.82) is 0 Å². The average molecular weight is 346 g/mol. The SMILES string of the molecule is C[C@H](O)c1cccc(N2CCC3(CCC(=O)N(CC(N)=O)C3)CC2)n1. The first-order valence-electron chi connectivity index (χ1n) is 8.85. The van der Waals surface area contributed by atoms with Crippen molar-refractivity contribution in [2.45, 2.75) is 38.7 Å². The van der Waals surface area contributed by atoms with Crippen LogP contribution in [-0.2, 0) is 9.59 Å². The van der Waals surface area contributed by atoms with Gasteiger partial charge in [0.15, 0.2) is 0 Å². The number of anilines is 1. The third kappa shape index (κ3) is 3.92. The Hall–Kier alpha value is -2.15. The molecule has 0 aliphatic carbocycles. The van der Waals surface area contributed by atoms with Crippen LogP contribution in [-0.4, -0.2) is 53.0 Å². The van der Waals surface area contributed by atoms with Crippen LogP contribution in [0.4, 0.5) is 5.82 Å². The van der Waals surface area contributed by atoms with Crippen LogP contribution >= 0.6 is 0 Å². The molecule has 0 radical (unpaired) electrons. The molecule has 136 valence electrons. The summed E-state index contributed by atoms with van der Waals surface area (Å²) in [5, 5.41) is 9.72. The molecule has 2 saturated heterocycles. The van der Waals surface area contributed by atoms with Gasteiger partial charge in [0.25, 0.3) is 0 Å². The first-order chi connectivity index (χ1) is 11.9. The second-order valence-corrected chi connectivity index (χ2v) is 7.30. The van der Waals surface area contributed by atoms with Crippen molar-refractivity contribution < 1.29 is 14.7 Å². The zero-order valence-electron chi connectivity index (χ0n) is 14.6. The van der Waals surface area contributed by atoms with Crippen molar-refractivity contribution in [3.05, 3.63) is 23.9 Å². The van der Waals surface area contributed by atoms with Crippen molar-refractivity contribution in [2.75, 3.05) is 31.1 Å². The first kappa shape index (κ1) is 17.7. The van der Waals surface area contributed by atoms with Crippen LogP contribution < -0.4 is 10.6 Å². The lowest BCUT2D eigenvalue weighted by molar-refractivity contribution is -0.141. The summed E-state index contributed by atoms with van der Waals surface area (Å²) in [6, 6.07) is 5.71. The molecule has 3 rings (SSSR count). The molecule has 1 spiro atoms. The van der Waals surface area contributed by atoms with Crippen LogP contribution in [0.2, 0.25) is 0 Å². The van der Waals surface area contributed by atoms with Gasteiger partial charge in [-0.2, -0.15) is 0 Å². The standard InChI is InChI=1S/C18H26N4O3/c1-13(23)14-3-2-4-16(20-14)21-9-7-18(8-10-21)6-5-17(25)22(12-18)11-15(19)24/h2-4,13,23H,5-12H2,1H3,(H2,19,24)/t13-/m0/s1. The van der Waals surface area contributed by atoms with Crippen LogP contribution in [0.1, 0.15) is 44.4 Å². The molecule has 3 heterocycles. The monoisotopic (exact) mass is 346 g/mol. The zero-order valence-corrected chi connectivity index (χ0v) is 14.6. The second kappa shape index (κ2) is 7.00. The highest BCUT2D eigenvalue weighted by molar-refractivity contribution is 5.84. The van der Waals surface area contributed by atoms with Crippen molar-refractivity contribution >= 4 is 17.6 Å². The highest BCUT2D eigenvalue weighted by Gasteiger charge is 2.41. The number of hydrogen-bond acceptors (Lipinski definition) is 5. The van der Waals surface area contributed by atoms with Gasteiger partial charge in [-0.15, -0.1) is 0 Å². The largest absolute Gasteiger partial charge is 0.387 e. The highest BCUT2D eigenvalue weighted by atomic mass is 16.3. The van der Waals surface area contributed by atoms with E-state index in [0.29, 0.717) is 18.7 Å². The number of rotatable bonds is 4. The zero-order chi connectivity index (χ0) is 18.0. The normalized spacial score (nSPS) is 21.4. The number of nitrogens with two attached hydrogens (primary N) is 1. The van der Waals surface area contributed by atoms with E-state index in [1.165, 1.54) is 0 Å². The van der Waals surface area contributed by atoms with E-state index in [4.69, 9.17) is 5.73 Å². The van der Waals surface area contributed by atoms with Gasteiger partial charge in [-0.05, 0) is 43.7 Å². The molecule has 2 fully saturated rings. The van der Waals surface area contributed by atoms with Crippen molar-refractivity contribution in [1.82, 2.24) is 9.88 Å². The number of piperidine rings is 2. The van der Waals surface area contributed by atoms with Gasteiger partial charge in [-0.1, -0.05) is 6.07 Å². The van der Waals surface area contributed by atoms with Gasteiger partial charge in [0.05, 0.1) is 18.3 Å². The summed E-state index contributed by atoms with van der Waals surface area (Å²) in [5.41, 5.74) is 6.02. The first-order valence-corrected chi connectivity index (χ1v) is 8.85. The van der Waals surface area contributed by atoms with Crippen LogP contribution in [0.25, 0.3) is 0 Å². The minimum Gasteiger partial charge on any atom is -0.387 e. The van der Waals surface area contributed by atoms with Gasteiger partial charge in [-0.25, -0.2) is 4.98 Å². The van der Waals surface area contributed by atoms with Gasteiger partial charge in [0, 0.05) is 26.1 Å². The van der Waals surface area contributed by atoms with Crippen LogP contribution in [0.3, 0.4) is 0 Å². The lowest BCUT2D eigenvalue weighted by Gasteiger charge is -2.47. The molecule has 0 aromatic carbocycles. The number of hydrogen-bond donors (Lipinski definition) is 2. The molecule has 2 aliphatic rings. The van der Waals surface area contributed by atoms with E-state index in [-0.39, 0.29) is 17.9 Å². The molecular formula is C18H26N4O3. The average Bonchev–Trinajstić information content (AvgIpc) is 2.59. The van der Waals surface area contributed by atoms with Gasteiger partial charge in [0.2, 0.25) is 11.8 Å². The number of aliphatic hydroxyl groups excluding tert-OH is 1. The molecule has 7 nitrogen and oxygen atoms in total. The summed E-state index contributed by atoms with van der Waals surface area (Å²) < 4.78 is 0. The Labute approximate surface area is 147 Å². The van der Waals surface area contributed by atoms with E-state index in [0.717, 1.165) is 38.2 Å². The molecule has 25 heavy (non-hydrogen) atoms. The molecule has 2 aliphatic heterocycles.